The van der Waals surface area contributed by atoms with Gasteiger partial charge in [-0.1, -0.05) is 6.07 Å². The molecule has 1 aromatic carbocycles. The normalized spacial score (nSPS) is 12.4. The zero-order valence-electron chi connectivity index (χ0n) is 17.3. The molecule has 33 heavy (non-hydrogen) atoms. The third-order valence-electron chi connectivity index (χ3n) is 4.84. The Hall–Kier alpha value is -3.63. The van der Waals surface area contributed by atoms with Gasteiger partial charge in [-0.3, -0.25) is 9.38 Å². The molecule has 0 aliphatic rings. The lowest BCUT2D eigenvalue weighted by molar-refractivity contribution is -0.142. The van der Waals surface area contributed by atoms with Gasteiger partial charge in [0.05, 0.1) is 17.9 Å². The molecule has 0 N–H and O–H groups in total. The number of imidazole rings is 1. The summed E-state index contributed by atoms with van der Waals surface area (Å²) >= 11 is 0. The van der Waals surface area contributed by atoms with Gasteiger partial charge >= 0.3 is 12.4 Å². The maximum Gasteiger partial charge on any atom is 0.431 e. The third-order valence-corrected chi connectivity index (χ3v) is 4.84. The van der Waals surface area contributed by atoms with Gasteiger partial charge in [-0.05, 0) is 44.2 Å². The van der Waals surface area contributed by atoms with E-state index in [2.05, 4.69) is 15.0 Å². The summed E-state index contributed by atoms with van der Waals surface area (Å²) in [6.45, 7) is 3.17. The first-order chi connectivity index (χ1) is 15.5. The average Bonchev–Trinajstić information content (AvgIpc) is 3.15. The summed E-state index contributed by atoms with van der Waals surface area (Å²) < 4.78 is 87.4. The summed E-state index contributed by atoms with van der Waals surface area (Å²) in [6, 6.07) is 6.88. The van der Waals surface area contributed by atoms with E-state index in [0.717, 1.165) is 35.0 Å². The van der Waals surface area contributed by atoms with Gasteiger partial charge in [0, 0.05) is 23.0 Å². The number of nitrogens with zero attached hydrogens (tertiary/aromatic N) is 4. The van der Waals surface area contributed by atoms with Crippen molar-refractivity contribution in [3.63, 3.8) is 0 Å². The lowest BCUT2D eigenvalue weighted by Gasteiger charge is -2.16. The number of hydrogen-bond donors (Lipinski definition) is 0. The van der Waals surface area contributed by atoms with Gasteiger partial charge in [-0.2, -0.15) is 26.3 Å². The molecular weight excluding hydrogens is 450 g/mol. The van der Waals surface area contributed by atoms with E-state index in [1.165, 1.54) is 13.1 Å². The molecule has 3 heterocycles. The first-order valence-corrected chi connectivity index (χ1v) is 9.71. The van der Waals surface area contributed by atoms with Crippen molar-refractivity contribution in [1.29, 1.82) is 0 Å². The minimum absolute atomic E-state index is 0.0394. The molecule has 0 unspecified atom stereocenters. The van der Waals surface area contributed by atoms with Crippen molar-refractivity contribution < 1.29 is 31.1 Å². The second-order valence-electron chi connectivity index (χ2n) is 7.14. The fourth-order valence-electron chi connectivity index (χ4n) is 3.42. The molecule has 11 heteroatoms. The summed E-state index contributed by atoms with van der Waals surface area (Å²) in [5.41, 5.74) is -0.995. The molecule has 0 fully saturated rings. The van der Waals surface area contributed by atoms with Crippen LogP contribution in [0.15, 0.2) is 48.9 Å². The van der Waals surface area contributed by atoms with Crippen molar-refractivity contribution in [2.24, 2.45) is 0 Å². The molecule has 172 valence electrons. The summed E-state index contributed by atoms with van der Waals surface area (Å²) in [5, 5.41) is 0. The number of benzene rings is 1. The Morgan fingerprint density at radius 2 is 1.67 bits per heavy atom. The molecule has 0 amide bonds. The largest absolute Gasteiger partial charge is 0.493 e. The van der Waals surface area contributed by atoms with Crippen LogP contribution < -0.4 is 4.74 Å². The van der Waals surface area contributed by atoms with Crippen LogP contribution in [-0.2, 0) is 12.4 Å². The SMILES string of the molecule is CCOc1cc(-c2cc(C(F)(F)F)n3cnc(-c4ccnc(C)c4)c3n2)ccc1C(F)(F)F. The van der Waals surface area contributed by atoms with Crippen molar-refractivity contribution in [2.45, 2.75) is 26.2 Å². The number of pyridine rings is 1. The zero-order chi connectivity index (χ0) is 24.0. The molecule has 0 aliphatic heterocycles. The van der Waals surface area contributed by atoms with Gasteiger partial charge in [0.25, 0.3) is 0 Å². The highest BCUT2D eigenvalue weighted by Gasteiger charge is 2.36. The number of aryl methyl sites for hydroxylation is 1. The summed E-state index contributed by atoms with van der Waals surface area (Å²) in [7, 11) is 0. The van der Waals surface area contributed by atoms with Crippen LogP contribution in [0.25, 0.3) is 28.2 Å². The number of fused-ring (bicyclic) bond motifs is 1. The molecule has 0 atom stereocenters. The predicted molar refractivity (Wildman–Crippen MR) is 108 cm³/mol. The monoisotopic (exact) mass is 466 g/mol. The molecule has 0 bridgehead atoms. The molecule has 4 rings (SSSR count). The van der Waals surface area contributed by atoms with E-state index < -0.39 is 29.4 Å². The van der Waals surface area contributed by atoms with Crippen LogP contribution >= 0.6 is 0 Å². The van der Waals surface area contributed by atoms with Crippen LogP contribution in [0, 0.1) is 6.92 Å². The summed E-state index contributed by atoms with van der Waals surface area (Å²) in [5.74, 6) is -0.490. The molecule has 3 aromatic heterocycles. The molecule has 0 radical (unpaired) electrons. The van der Waals surface area contributed by atoms with Crippen molar-refractivity contribution in [1.82, 2.24) is 19.4 Å². The molecular formula is C22H16F6N4O. The molecule has 5 nitrogen and oxygen atoms in total. The number of halogens is 6. The van der Waals surface area contributed by atoms with Crippen LogP contribution in [-0.4, -0.2) is 26.0 Å². The van der Waals surface area contributed by atoms with Gasteiger partial charge in [-0.15, -0.1) is 0 Å². The quantitative estimate of drug-likeness (QED) is 0.336. The number of alkyl halides is 6. The minimum Gasteiger partial charge on any atom is -0.493 e. The number of hydrogen-bond acceptors (Lipinski definition) is 4. The highest BCUT2D eigenvalue weighted by atomic mass is 19.4. The average molecular weight is 466 g/mol. The first-order valence-electron chi connectivity index (χ1n) is 9.71. The Bertz CT molecular complexity index is 1330. The standard InChI is InChI=1S/C22H16F6N4O/c1-3-33-17-9-13(4-5-15(17)21(23,24)25)16-10-18(22(26,27)28)32-11-30-19(20(32)31-16)14-6-7-29-12(2)8-14/h4-11H,3H2,1-2H3. The lowest BCUT2D eigenvalue weighted by atomic mass is 10.1. The van der Waals surface area contributed by atoms with Crippen molar-refractivity contribution >= 4 is 5.65 Å². The molecule has 0 saturated heterocycles. The van der Waals surface area contributed by atoms with Gasteiger partial charge in [-0.25, -0.2) is 9.97 Å². The zero-order valence-corrected chi connectivity index (χ0v) is 17.3. The Labute approximate surface area is 183 Å². The Morgan fingerprint density at radius 1 is 0.909 bits per heavy atom. The summed E-state index contributed by atoms with van der Waals surface area (Å²) in [6.07, 6.45) is -6.95. The van der Waals surface area contributed by atoms with Gasteiger partial charge in [0.2, 0.25) is 0 Å². The maximum absolute atomic E-state index is 13.8. The maximum atomic E-state index is 13.8. The van der Waals surface area contributed by atoms with E-state index in [-0.39, 0.29) is 29.2 Å². The number of aromatic nitrogens is 4. The summed E-state index contributed by atoms with van der Waals surface area (Å²) in [4.78, 5) is 12.5. The lowest BCUT2D eigenvalue weighted by Crippen LogP contribution is -2.12. The molecule has 4 aromatic rings. The third kappa shape index (κ3) is 4.35. The smallest absolute Gasteiger partial charge is 0.431 e. The van der Waals surface area contributed by atoms with Gasteiger partial charge < -0.3 is 4.74 Å². The molecule has 0 spiro atoms. The van der Waals surface area contributed by atoms with Crippen LogP contribution in [0.3, 0.4) is 0 Å². The van der Waals surface area contributed by atoms with E-state index in [9.17, 15) is 26.3 Å². The Balaban J connectivity index is 1.97. The van der Waals surface area contributed by atoms with E-state index in [0.29, 0.717) is 11.3 Å². The fourth-order valence-corrected chi connectivity index (χ4v) is 3.42. The van der Waals surface area contributed by atoms with E-state index in [4.69, 9.17) is 4.74 Å². The van der Waals surface area contributed by atoms with Gasteiger partial charge in [0.15, 0.2) is 5.65 Å². The van der Waals surface area contributed by atoms with Crippen molar-refractivity contribution in [2.75, 3.05) is 6.61 Å². The van der Waals surface area contributed by atoms with Crippen LogP contribution in [0.4, 0.5) is 26.3 Å². The second-order valence-corrected chi connectivity index (χ2v) is 7.14. The van der Waals surface area contributed by atoms with Crippen molar-refractivity contribution in [3.05, 3.63) is 65.9 Å². The number of rotatable bonds is 4. The molecule has 0 saturated carbocycles. The van der Waals surface area contributed by atoms with E-state index in [1.54, 1.807) is 19.1 Å². The second kappa shape index (κ2) is 8.05. The minimum atomic E-state index is -4.77. The Morgan fingerprint density at radius 3 is 2.30 bits per heavy atom. The van der Waals surface area contributed by atoms with E-state index >= 15 is 0 Å². The van der Waals surface area contributed by atoms with Crippen LogP contribution in [0.2, 0.25) is 0 Å². The topological polar surface area (TPSA) is 52.3 Å². The highest BCUT2D eigenvalue weighted by molar-refractivity contribution is 5.77. The molecule has 0 aliphatic carbocycles. The highest BCUT2D eigenvalue weighted by Crippen LogP contribution is 2.40. The van der Waals surface area contributed by atoms with Crippen LogP contribution in [0.5, 0.6) is 5.75 Å². The van der Waals surface area contributed by atoms with Crippen LogP contribution in [0.1, 0.15) is 23.9 Å². The number of ether oxygens (including phenoxy) is 1. The Kier molecular flexibility index (Phi) is 5.51. The van der Waals surface area contributed by atoms with Crippen molar-refractivity contribution in [3.8, 4) is 28.3 Å². The van der Waals surface area contributed by atoms with Gasteiger partial charge in [0.1, 0.15) is 23.5 Å². The van der Waals surface area contributed by atoms with E-state index in [1.807, 2.05) is 0 Å². The predicted octanol–water partition coefficient (Wildman–Crippen LogP) is 6.20. The fraction of sp³-hybridized carbons (Fsp3) is 0.227. The first kappa shape index (κ1) is 22.6.